The Labute approximate surface area is 127 Å². The molecule has 0 amide bonds. The van der Waals surface area contributed by atoms with Crippen molar-refractivity contribution in [3.8, 4) is 0 Å². The summed E-state index contributed by atoms with van der Waals surface area (Å²) in [6.07, 6.45) is 0. The van der Waals surface area contributed by atoms with Gasteiger partial charge in [0.15, 0.2) is 0 Å². The Hall–Kier alpha value is -0.470. The van der Waals surface area contributed by atoms with Crippen LogP contribution in [0.3, 0.4) is 0 Å². The lowest BCUT2D eigenvalue weighted by molar-refractivity contribution is -0.00772. The molecule has 1 heterocycles. The van der Waals surface area contributed by atoms with Crippen molar-refractivity contribution in [2.75, 3.05) is 19.8 Å². The monoisotopic (exact) mass is 363 g/mol. The van der Waals surface area contributed by atoms with E-state index < -0.39 is 15.6 Å². The standard InChI is InChI=1S/C13H18BrNO4S/c1-13(2)9-19-6-5-15(13)20(17,18)12-7-10(8-16)3-4-11(12)14/h3-4,7,16H,5-6,8-9H2,1-2H3. The molecular weight excluding hydrogens is 346 g/mol. The number of nitrogens with zero attached hydrogens (tertiary/aromatic N) is 1. The number of aliphatic hydroxyl groups is 1. The van der Waals surface area contributed by atoms with Crippen molar-refractivity contribution < 1.29 is 18.3 Å². The molecule has 1 aliphatic rings. The Balaban J connectivity index is 2.49. The quantitative estimate of drug-likeness (QED) is 0.887. The van der Waals surface area contributed by atoms with E-state index in [9.17, 15) is 13.5 Å². The fourth-order valence-corrected chi connectivity index (χ4v) is 4.98. The number of ether oxygens (including phenoxy) is 1. The Morgan fingerprint density at radius 3 is 2.75 bits per heavy atom. The SMILES string of the molecule is CC1(C)COCCN1S(=O)(=O)c1cc(CO)ccc1Br. The topological polar surface area (TPSA) is 66.8 Å². The van der Waals surface area contributed by atoms with Gasteiger partial charge in [-0.25, -0.2) is 8.42 Å². The van der Waals surface area contributed by atoms with Crippen LogP contribution in [0.1, 0.15) is 19.4 Å². The third-order valence-electron chi connectivity index (χ3n) is 3.32. The Kier molecular flexibility index (Phi) is 4.56. The molecule has 1 saturated heterocycles. The molecule has 5 nitrogen and oxygen atoms in total. The first-order valence-electron chi connectivity index (χ1n) is 6.29. The van der Waals surface area contributed by atoms with Crippen molar-refractivity contribution in [2.24, 2.45) is 0 Å². The predicted octanol–water partition coefficient (Wildman–Crippen LogP) is 1.74. The highest BCUT2D eigenvalue weighted by atomic mass is 79.9. The van der Waals surface area contributed by atoms with Gasteiger partial charge in [-0.3, -0.25) is 0 Å². The summed E-state index contributed by atoms with van der Waals surface area (Å²) in [7, 11) is -3.64. The fourth-order valence-electron chi connectivity index (χ4n) is 2.25. The number of morpholine rings is 1. The van der Waals surface area contributed by atoms with Crippen LogP contribution in [0.5, 0.6) is 0 Å². The van der Waals surface area contributed by atoms with Crippen LogP contribution in [-0.4, -0.2) is 43.1 Å². The Morgan fingerprint density at radius 1 is 1.45 bits per heavy atom. The number of aliphatic hydroxyl groups excluding tert-OH is 1. The molecule has 1 aliphatic heterocycles. The van der Waals surface area contributed by atoms with E-state index in [1.165, 1.54) is 10.4 Å². The van der Waals surface area contributed by atoms with Crippen molar-refractivity contribution in [1.29, 1.82) is 0 Å². The maximum Gasteiger partial charge on any atom is 0.244 e. The summed E-state index contributed by atoms with van der Waals surface area (Å²) in [4.78, 5) is 0.180. The molecule has 0 atom stereocenters. The molecule has 112 valence electrons. The molecule has 0 radical (unpaired) electrons. The largest absolute Gasteiger partial charge is 0.392 e. The van der Waals surface area contributed by atoms with E-state index in [1.54, 1.807) is 12.1 Å². The Bertz CT molecular complexity index is 600. The van der Waals surface area contributed by atoms with Gasteiger partial charge in [0.1, 0.15) is 0 Å². The molecule has 2 rings (SSSR count). The van der Waals surface area contributed by atoms with Gasteiger partial charge in [-0.15, -0.1) is 0 Å². The van der Waals surface area contributed by atoms with Gasteiger partial charge < -0.3 is 9.84 Å². The minimum atomic E-state index is -3.64. The van der Waals surface area contributed by atoms with Crippen molar-refractivity contribution >= 4 is 26.0 Å². The molecule has 20 heavy (non-hydrogen) atoms. The summed E-state index contributed by atoms with van der Waals surface area (Å²) in [6.45, 7) is 4.57. The lowest BCUT2D eigenvalue weighted by Crippen LogP contribution is -2.55. The number of hydrogen-bond donors (Lipinski definition) is 1. The third kappa shape index (κ3) is 2.92. The molecular formula is C13H18BrNO4S. The molecule has 0 unspecified atom stereocenters. The molecule has 7 heteroatoms. The van der Waals surface area contributed by atoms with Gasteiger partial charge in [0, 0.05) is 11.0 Å². The lowest BCUT2D eigenvalue weighted by atomic mass is 10.1. The van der Waals surface area contributed by atoms with Gasteiger partial charge in [0.25, 0.3) is 0 Å². The van der Waals surface area contributed by atoms with E-state index in [0.717, 1.165) is 0 Å². The van der Waals surface area contributed by atoms with Gasteiger partial charge in [-0.05, 0) is 47.5 Å². The first-order valence-corrected chi connectivity index (χ1v) is 8.52. The number of benzene rings is 1. The van der Waals surface area contributed by atoms with Crippen LogP contribution < -0.4 is 0 Å². The van der Waals surface area contributed by atoms with E-state index in [1.807, 2.05) is 13.8 Å². The average molecular weight is 364 g/mol. The van der Waals surface area contributed by atoms with Crippen LogP contribution in [0.4, 0.5) is 0 Å². The van der Waals surface area contributed by atoms with E-state index in [4.69, 9.17) is 4.74 Å². The summed E-state index contributed by atoms with van der Waals surface area (Å²) < 4.78 is 33.0. The minimum absolute atomic E-state index is 0.180. The number of halogens is 1. The second-order valence-electron chi connectivity index (χ2n) is 5.37. The fraction of sp³-hybridized carbons (Fsp3) is 0.538. The molecule has 0 aromatic heterocycles. The van der Waals surface area contributed by atoms with Crippen molar-refractivity contribution in [2.45, 2.75) is 30.9 Å². The van der Waals surface area contributed by atoms with Crippen LogP contribution in [-0.2, 0) is 21.4 Å². The molecule has 1 fully saturated rings. The predicted molar refractivity (Wildman–Crippen MR) is 78.9 cm³/mol. The average Bonchev–Trinajstić information content (AvgIpc) is 2.38. The van der Waals surface area contributed by atoms with Crippen LogP contribution in [0, 0.1) is 0 Å². The maximum atomic E-state index is 12.9. The number of rotatable bonds is 3. The second kappa shape index (κ2) is 5.73. The molecule has 0 aliphatic carbocycles. The van der Waals surface area contributed by atoms with Gasteiger partial charge in [0.2, 0.25) is 10.0 Å². The maximum absolute atomic E-state index is 12.9. The van der Waals surface area contributed by atoms with Gasteiger partial charge >= 0.3 is 0 Å². The third-order valence-corrected chi connectivity index (χ3v) is 6.42. The van der Waals surface area contributed by atoms with Crippen molar-refractivity contribution in [3.05, 3.63) is 28.2 Å². The molecule has 0 bridgehead atoms. The zero-order valence-electron chi connectivity index (χ0n) is 11.5. The van der Waals surface area contributed by atoms with Crippen molar-refractivity contribution in [1.82, 2.24) is 4.31 Å². The number of hydrogen-bond acceptors (Lipinski definition) is 4. The molecule has 1 aromatic carbocycles. The zero-order valence-corrected chi connectivity index (χ0v) is 13.9. The summed E-state index contributed by atoms with van der Waals surface area (Å²) >= 11 is 3.28. The summed E-state index contributed by atoms with van der Waals surface area (Å²) in [5.74, 6) is 0. The summed E-state index contributed by atoms with van der Waals surface area (Å²) in [6, 6.07) is 4.84. The van der Waals surface area contributed by atoms with Crippen LogP contribution in [0.15, 0.2) is 27.6 Å². The Morgan fingerprint density at radius 2 is 2.15 bits per heavy atom. The molecule has 1 N–H and O–H groups in total. The van der Waals surface area contributed by atoms with Gasteiger partial charge in [-0.2, -0.15) is 4.31 Å². The highest BCUT2D eigenvalue weighted by molar-refractivity contribution is 9.10. The molecule has 0 saturated carbocycles. The van der Waals surface area contributed by atoms with Crippen LogP contribution >= 0.6 is 15.9 Å². The lowest BCUT2D eigenvalue weighted by Gasteiger charge is -2.40. The highest BCUT2D eigenvalue weighted by Crippen LogP contribution is 2.31. The van der Waals surface area contributed by atoms with Gasteiger partial charge in [-0.1, -0.05) is 6.07 Å². The highest BCUT2D eigenvalue weighted by Gasteiger charge is 2.40. The molecule has 0 spiro atoms. The molecule has 1 aromatic rings. The van der Waals surface area contributed by atoms with E-state index >= 15 is 0 Å². The summed E-state index contributed by atoms with van der Waals surface area (Å²) in [5.41, 5.74) is -0.0241. The van der Waals surface area contributed by atoms with Crippen LogP contribution in [0.25, 0.3) is 0 Å². The van der Waals surface area contributed by atoms with E-state index in [2.05, 4.69) is 15.9 Å². The smallest absolute Gasteiger partial charge is 0.244 e. The first kappa shape index (κ1) is 15.9. The van der Waals surface area contributed by atoms with Gasteiger partial charge in [0.05, 0.1) is 30.3 Å². The minimum Gasteiger partial charge on any atom is -0.392 e. The normalized spacial score (nSPS) is 20.0. The van der Waals surface area contributed by atoms with Crippen molar-refractivity contribution in [3.63, 3.8) is 0 Å². The van der Waals surface area contributed by atoms with Crippen LogP contribution in [0.2, 0.25) is 0 Å². The first-order chi connectivity index (χ1) is 9.29. The number of sulfonamides is 1. The van der Waals surface area contributed by atoms with E-state index in [-0.39, 0.29) is 11.5 Å². The second-order valence-corrected chi connectivity index (χ2v) is 8.05. The summed E-state index contributed by atoms with van der Waals surface area (Å²) in [5, 5.41) is 9.19. The zero-order chi connectivity index (χ0) is 15.0. The van der Waals surface area contributed by atoms with E-state index in [0.29, 0.717) is 29.8 Å².